The van der Waals surface area contributed by atoms with Crippen LogP contribution in [0, 0.1) is 13.8 Å². The van der Waals surface area contributed by atoms with E-state index in [9.17, 15) is 9.59 Å². The number of thiophene rings is 1. The Hall–Kier alpha value is -2.12. The van der Waals surface area contributed by atoms with Crippen molar-refractivity contribution in [3.63, 3.8) is 0 Å². The number of thioether (sulfide) groups is 1. The Bertz CT molecular complexity index is 916. The van der Waals surface area contributed by atoms with Crippen LogP contribution in [0.4, 0.5) is 5.69 Å². The highest BCUT2D eigenvalue weighted by Gasteiger charge is 2.13. The molecule has 5 nitrogen and oxygen atoms in total. The van der Waals surface area contributed by atoms with E-state index in [4.69, 9.17) is 0 Å². The molecule has 23 heavy (non-hydrogen) atoms. The van der Waals surface area contributed by atoms with E-state index in [1.807, 2.05) is 44.2 Å². The fraction of sp³-hybridized carbons (Fsp3) is 0.188. The van der Waals surface area contributed by atoms with Crippen LogP contribution in [0.15, 0.2) is 40.3 Å². The van der Waals surface area contributed by atoms with Crippen molar-refractivity contribution in [1.29, 1.82) is 0 Å². The summed E-state index contributed by atoms with van der Waals surface area (Å²) in [5.41, 5.74) is 1.57. The second-order valence-electron chi connectivity index (χ2n) is 5.04. The number of carbonyl (C=O) groups excluding carboxylic acids is 1. The highest BCUT2D eigenvalue weighted by molar-refractivity contribution is 7.99. The fourth-order valence-corrected chi connectivity index (χ4v) is 3.90. The number of aromatic nitrogens is 2. The van der Waals surface area contributed by atoms with Gasteiger partial charge in [-0.3, -0.25) is 9.59 Å². The second kappa shape index (κ2) is 6.55. The molecule has 2 aromatic heterocycles. The molecular weight excluding hydrogens is 330 g/mol. The molecule has 0 atom stereocenters. The van der Waals surface area contributed by atoms with Crippen molar-refractivity contribution >= 4 is 44.9 Å². The third-order valence-electron chi connectivity index (χ3n) is 3.41. The standard InChI is InChI=1S/C16H15N3O2S2/c1-9-10(2)23-15-13(9)14(21)18-16(19-15)22-8-12(20)17-11-6-4-3-5-7-11/h3-7H,8H2,1-2H3,(H,17,20)(H,18,19,21). The van der Waals surface area contributed by atoms with Crippen LogP contribution in [0.25, 0.3) is 10.2 Å². The van der Waals surface area contributed by atoms with E-state index in [1.54, 1.807) is 0 Å². The average molecular weight is 345 g/mol. The largest absolute Gasteiger partial charge is 0.325 e. The van der Waals surface area contributed by atoms with Gasteiger partial charge in [-0.25, -0.2) is 4.98 Å². The molecule has 0 aliphatic rings. The Morgan fingerprint density at radius 1 is 1.30 bits per heavy atom. The number of nitrogens with one attached hydrogen (secondary N) is 2. The van der Waals surface area contributed by atoms with Crippen molar-refractivity contribution in [2.24, 2.45) is 0 Å². The van der Waals surface area contributed by atoms with E-state index in [1.165, 1.54) is 23.1 Å². The lowest BCUT2D eigenvalue weighted by molar-refractivity contribution is -0.113. The first-order valence-corrected chi connectivity index (χ1v) is 8.82. The predicted octanol–water partition coefficient (Wildman–Crippen LogP) is 3.33. The number of amides is 1. The zero-order valence-corrected chi connectivity index (χ0v) is 14.3. The maximum absolute atomic E-state index is 12.2. The van der Waals surface area contributed by atoms with Crippen LogP contribution in [-0.2, 0) is 4.79 Å². The molecular formula is C16H15N3O2S2. The topological polar surface area (TPSA) is 74.8 Å². The molecule has 3 aromatic rings. The molecule has 3 rings (SSSR count). The van der Waals surface area contributed by atoms with Crippen LogP contribution in [-0.4, -0.2) is 21.6 Å². The summed E-state index contributed by atoms with van der Waals surface area (Å²) in [6.45, 7) is 3.90. The summed E-state index contributed by atoms with van der Waals surface area (Å²) in [5.74, 6) is 0.0506. The van der Waals surface area contributed by atoms with E-state index in [2.05, 4.69) is 15.3 Å². The highest BCUT2D eigenvalue weighted by atomic mass is 32.2. The Labute approximate surface area is 141 Å². The van der Waals surface area contributed by atoms with Gasteiger partial charge in [-0.15, -0.1) is 11.3 Å². The van der Waals surface area contributed by atoms with Gasteiger partial charge in [0.2, 0.25) is 5.91 Å². The molecule has 0 saturated heterocycles. The van der Waals surface area contributed by atoms with E-state index in [-0.39, 0.29) is 17.2 Å². The van der Waals surface area contributed by atoms with Crippen molar-refractivity contribution in [1.82, 2.24) is 9.97 Å². The first kappa shape index (κ1) is 15.8. The molecule has 1 aromatic carbocycles. The molecule has 7 heteroatoms. The van der Waals surface area contributed by atoms with Crippen molar-refractivity contribution in [3.8, 4) is 0 Å². The quantitative estimate of drug-likeness (QED) is 0.562. The lowest BCUT2D eigenvalue weighted by Crippen LogP contribution is -2.15. The van der Waals surface area contributed by atoms with E-state index in [0.717, 1.165) is 21.0 Å². The van der Waals surface area contributed by atoms with Crippen molar-refractivity contribution in [3.05, 3.63) is 51.1 Å². The van der Waals surface area contributed by atoms with Crippen molar-refractivity contribution in [2.75, 3.05) is 11.1 Å². The number of fused-ring (bicyclic) bond motifs is 1. The highest BCUT2D eigenvalue weighted by Crippen LogP contribution is 2.27. The van der Waals surface area contributed by atoms with Crippen molar-refractivity contribution in [2.45, 2.75) is 19.0 Å². The molecule has 0 saturated carbocycles. The smallest absolute Gasteiger partial charge is 0.260 e. The van der Waals surface area contributed by atoms with Gasteiger partial charge in [-0.05, 0) is 31.5 Å². The van der Waals surface area contributed by atoms with Gasteiger partial charge in [-0.2, -0.15) is 0 Å². The van der Waals surface area contributed by atoms with Crippen LogP contribution in [0.2, 0.25) is 0 Å². The zero-order valence-electron chi connectivity index (χ0n) is 12.7. The molecule has 0 bridgehead atoms. The first-order chi connectivity index (χ1) is 11.0. The number of carbonyl (C=O) groups is 1. The Morgan fingerprint density at radius 2 is 2.04 bits per heavy atom. The number of hydrogen-bond acceptors (Lipinski definition) is 5. The van der Waals surface area contributed by atoms with Crippen LogP contribution in [0.5, 0.6) is 0 Å². The summed E-state index contributed by atoms with van der Waals surface area (Å²) in [6, 6.07) is 9.26. The number of H-pyrrole nitrogens is 1. The van der Waals surface area contributed by atoms with Gasteiger partial charge in [0.25, 0.3) is 5.56 Å². The van der Waals surface area contributed by atoms with E-state index >= 15 is 0 Å². The molecule has 1 amide bonds. The SMILES string of the molecule is Cc1sc2nc(SCC(=O)Nc3ccccc3)[nH]c(=O)c2c1C. The van der Waals surface area contributed by atoms with Gasteiger partial charge in [0.1, 0.15) is 4.83 Å². The Kier molecular flexibility index (Phi) is 4.49. The minimum Gasteiger partial charge on any atom is -0.325 e. The van der Waals surface area contributed by atoms with Gasteiger partial charge >= 0.3 is 0 Å². The summed E-state index contributed by atoms with van der Waals surface area (Å²) in [4.78, 5) is 33.1. The summed E-state index contributed by atoms with van der Waals surface area (Å²) < 4.78 is 0. The monoisotopic (exact) mass is 345 g/mol. The third-order valence-corrected chi connectivity index (χ3v) is 5.39. The average Bonchev–Trinajstić information content (AvgIpc) is 2.81. The lowest BCUT2D eigenvalue weighted by atomic mass is 10.2. The molecule has 118 valence electrons. The van der Waals surface area contributed by atoms with Crippen molar-refractivity contribution < 1.29 is 4.79 Å². The number of benzene rings is 1. The van der Waals surface area contributed by atoms with Crippen LogP contribution < -0.4 is 10.9 Å². The predicted molar refractivity (Wildman–Crippen MR) is 95.5 cm³/mol. The first-order valence-electron chi connectivity index (χ1n) is 7.02. The summed E-state index contributed by atoms with van der Waals surface area (Å²) >= 11 is 2.72. The van der Waals surface area contributed by atoms with Crippen LogP contribution in [0.3, 0.4) is 0 Å². The molecule has 0 fully saturated rings. The van der Waals surface area contributed by atoms with Gasteiger partial charge in [-0.1, -0.05) is 30.0 Å². The maximum Gasteiger partial charge on any atom is 0.260 e. The molecule has 2 heterocycles. The number of hydrogen-bond donors (Lipinski definition) is 2. The van der Waals surface area contributed by atoms with Gasteiger partial charge in [0.05, 0.1) is 11.1 Å². The number of anilines is 1. The van der Waals surface area contributed by atoms with Gasteiger partial charge in [0, 0.05) is 10.6 Å². The second-order valence-corrected chi connectivity index (χ2v) is 7.20. The number of nitrogens with zero attached hydrogens (tertiary/aromatic N) is 1. The Balaban J connectivity index is 1.72. The summed E-state index contributed by atoms with van der Waals surface area (Å²) in [7, 11) is 0. The zero-order chi connectivity index (χ0) is 16.4. The normalized spacial score (nSPS) is 10.9. The maximum atomic E-state index is 12.2. The molecule has 0 radical (unpaired) electrons. The minimum absolute atomic E-state index is 0.137. The third kappa shape index (κ3) is 3.46. The number of aromatic amines is 1. The van der Waals surface area contributed by atoms with Crippen LogP contribution >= 0.6 is 23.1 Å². The fourth-order valence-electron chi connectivity index (χ4n) is 2.16. The van der Waals surface area contributed by atoms with Gasteiger partial charge in [0.15, 0.2) is 5.16 Å². The Morgan fingerprint density at radius 3 is 2.78 bits per heavy atom. The number of rotatable bonds is 4. The lowest BCUT2D eigenvalue weighted by Gasteiger charge is -2.04. The van der Waals surface area contributed by atoms with E-state index < -0.39 is 0 Å². The molecule has 0 aliphatic heterocycles. The number of para-hydroxylation sites is 1. The number of aryl methyl sites for hydroxylation is 2. The molecule has 0 unspecified atom stereocenters. The molecule has 0 spiro atoms. The molecule has 2 N–H and O–H groups in total. The minimum atomic E-state index is -0.150. The molecule has 0 aliphatic carbocycles. The van der Waals surface area contributed by atoms with E-state index in [0.29, 0.717) is 10.5 Å². The van der Waals surface area contributed by atoms with Crippen LogP contribution in [0.1, 0.15) is 10.4 Å². The summed E-state index contributed by atoms with van der Waals surface area (Å²) in [6.07, 6.45) is 0. The summed E-state index contributed by atoms with van der Waals surface area (Å²) in [5, 5.41) is 3.91. The van der Waals surface area contributed by atoms with Gasteiger partial charge < -0.3 is 10.3 Å².